The van der Waals surface area contributed by atoms with Crippen LogP contribution in [0.5, 0.6) is 0 Å². The van der Waals surface area contributed by atoms with Crippen molar-refractivity contribution < 1.29 is 18.0 Å². The Labute approximate surface area is 81.5 Å². The normalized spacial score (nSPS) is 12.0. The minimum atomic E-state index is -2.32. The molecule has 0 radical (unpaired) electrons. The van der Waals surface area contributed by atoms with Crippen LogP contribution in [0.3, 0.4) is 0 Å². The molecule has 0 unspecified atom stereocenters. The van der Waals surface area contributed by atoms with Gasteiger partial charge in [-0.2, -0.15) is 0 Å². The van der Waals surface area contributed by atoms with Crippen molar-refractivity contribution in [3.05, 3.63) is 0 Å². The summed E-state index contributed by atoms with van der Waals surface area (Å²) >= 11 is 0. The summed E-state index contributed by atoms with van der Waals surface area (Å²) in [6, 6.07) is 0.847. The molecule has 0 aliphatic carbocycles. The zero-order valence-corrected chi connectivity index (χ0v) is 9.96. The van der Waals surface area contributed by atoms with Crippen LogP contribution in [0.15, 0.2) is 0 Å². The van der Waals surface area contributed by atoms with Crippen molar-refractivity contribution >= 4 is 8.80 Å². The van der Waals surface area contributed by atoms with Gasteiger partial charge < -0.3 is 18.0 Å². The number of hydrogen-bond donors (Lipinski definition) is 0. The molecule has 0 aromatic heterocycles. The Balaban J connectivity index is 3.68. The highest BCUT2D eigenvalue weighted by Crippen LogP contribution is 2.15. The summed E-state index contributed by atoms with van der Waals surface area (Å²) in [6.07, 6.45) is 2.02. The zero-order valence-electron chi connectivity index (χ0n) is 8.96. The Hall–Kier alpha value is 0.0569. The summed E-state index contributed by atoms with van der Waals surface area (Å²) in [6.45, 7) is 0.779. The standard InChI is InChI=1S/C8H20O4Si/c1-9-7-5-6-8-13(10-2,11-3)12-4/h5-8H2,1-4H3. The summed E-state index contributed by atoms with van der Waals surface area (Å²) < 4.78 is 20.8. The second kappa shape index (κ2) is 7.46. The highest BCUT2D eigenvalue weighted by molar-refractivity contribution is 6.60. The third-order valence-electron chi connectivity index (χ3n) is 2.01. The molecule has 0 aromatic carbocycles. The largest absolute Gasteiger partial charge is 0.500 e. The molecule has 0 amide bonds. The lowest BCUT2D eigenvalue weighted by atomic mass is 10.4. The van der Waals surface area contributed by atoms with E-state index in [2.05, 4.69) is 0 Å². The fourth-order valence-corrected chi connectivity index (χ4v) is 2.94. The Morgan fingerprint density at radius 3 is 1.77 bits per heavy atom. The Morgan fingerprint density at radius 1 is 0.846 bits per heavy atom. The van der Waals surface area contributed by atoms with Gasteiger partial charge in [0.25, 0.3) is 0 Å². The second-order valence-corrected chi connectivity index (χ2v) is 5.84. The van der Waals surface area contributed by atoms with Gasteiger partial charge in [-0.05, 0) is 12.8 Å². The second-order valence-electron chi connectivity index (χ2n) is 2.75. The number of unbranched alkanes of at least 4 members (excludes halogenated alkanes) is 1. The first-order valence-electron chi connectivity index (χ1n) is 4.39. The molecule has 0 saturated carbocycles. The van der Waals surface area contributed by atoms with Crippen molar-refractivity contribution in [2.75, 3.05) is 35.0 Å². The van der Waals surface area contributed by atoms with E-state index in [1.54, 1.807) is 28.4 Å². The zero-order chi connectivity index (χ0) is 10.2. The molecule has 0 N–H and O–H groups in total. The average molecular weight is 208 g/mol. The van der Waals surface area contributed by atoms with Gasteiger partial charge in [0.05, 0.1) is 0 Å². The fraction of sp³-hybridized carbons (Fsp3) is 1.00. The van der Waals surface area contributed by atoms with Crippen LogP contribution in [0, 0.1) is 0 Å². The van der Waals surface area contributed by atoms with Gasteiger partial charge in [-0.1, -0.05) is 0 Å². The van der Waals surface area contributed by atoms with Gasteiger partial charge in [0.1, 0.15) is 0 Å². The van der Waals surface area contributed by atoms with Crippen molar-refractivity contribution in [2.24, 2.45) is 0 Å². The number of methoxy groups -OCH3 is 1. The molecule has 0 rings (SSSR count). The van der Waals surface area contributed by atoms with Crippen LogP contribution < -0.4 is 0 Å². The number of ether oxygens (including phenoxy) is 1. The lowest BCUT2D eigenvalue weighted by Gasteiger charge is -2.24. The molecule has 0 fully saturated rings. The molecule has 0 saturated heterocycles. The molecule has 0 bridgehead atoms. The highest BCUT2D eigenvalue weighted by atomic mass is 28.4. The van der Waals surface area contributed by atoms with Crippen LogP contribution >= 0.6 is 0 Å². The first-order valence-corrected chi connectivity index (χ1v) is 6.32. The average Bonchev–Trinajstić information content (AvgIpc) is 2.20. The molecular weight excluding hydrogens is 188 g/mol. The van der Waals surface area contributed by atoms with E-state index in [1.165, 1.54) is 0 Å². The fourth-order valence-electron chi connectivity index (χ4n) is 1.14. The van der Waals surface area contributed by atoms with Crippen molar-refractivity contribution in [2.45, 2.75) is 18.9 Å². The molecule has 4 nitrogen and oxygen atoms in total. The van der Waals surface area contributed by atoms with Gasteiger partial charge in [0.2, 0.25) is 0 Å². The summed E-state index contributed by atoms with van der Waals surface area (Å²) in [5.74, 6) is 0. The van der Waals surface area contributed by atoms with E-state index in [-0.39, 0.29) is 0 Å². The monoisotopic (exact) mass is 208 g/mol. The summed E-state index contributed by atoms with van der Waals surface area (Å²) in [7, 11) is 4.28. The Bertz CT molecular complexity index is 108. The molecule has 0 aliphatic heterocycles. The molecule has 0 spiro atoms. The lowest BCUT2D eigenvalue weighted by molar-refractivity contribution is 0.121. The minimum Gasteiger partial charge on any atom is -0.385 e. The van der Waals surface area contributed by atoms with Crippen molar-refractivity contribution in [1.82, 2.24) is 0 Å². The van der Waals surface area contributed by atoms with E-state index in [0.717, 1.165) is 25.5 Å². The van der Waals surface area contributed by atoms with Crippen LogP contribution in [0.25, 0.3) is 0 Å². The van der Waals surface area contributed by atoms with Crippen molar-refractivity contribution in [1.29, 1.82) is 0 Å². The molecule has 5 heteroatoms. The maximum absolute atomic E-state index is 5.27. The van der Waals surface area contributed by atoms with Crippen LogP contribution in [0.2, 0.25) is 6.04 Å². The quantitative estimate of drug-likeness (QED) is 0.445. The Morgan fingerprint density at radius 2 is 1.38 bits per heavy atom. The highest BCUT2D eigenvalue weighted by Gasteiger charge is 2.36. The van der Waals surface area contributed by atoms with Gasteiger partial charge in [0.15, 0.2) is 0 Å². The van der Waals surface area contributed by atoms with Gasteiger partial charge in [-0.3, -0.25) is 0 Å². The molecule has 0 aliphatic rings. The van der Waals surface area contributed by atoms with Gasteiger partial charge in [0, 0.05) is 41.1 Å². The summed E-state index contributed by atoms with van der Waals surface area (Å²) in [4.78, 5) is 0. The maximum atomic E-state index is 5.27. The van der Waals surface area contributed by atoms with Gasteiger partial charge >= 0.3 is 8.80 Å². The molecular formula is C8H20O4Si. The predicted octanol–water partition coefficient (Wildman–Crippen LogP) is 1.29. The maximum Gasteiger partial charge on any atom is 0.500 e. The van der Waals surface area contributed by atoms with E-state index < -0.39 is 8.80 Å². The van der Waals surface area contributed by atoms with Crippen LogP contribution in [-0.2, 0) is 18.0 Å². The SMILES string of the molecule is COCCCC[Si](OC)(OC)OC. The van der Waals surface area contributed by atoms with Gasteiger partial charge in [-0.25, -0.2) is 0 Å². The van der Waals surface area contributed by atoms with E-state index in [9.17, 15) is 0 Å². The molecule has 0 aromatic rings. The van der Waals surface area contributed by atoms with Gasteiger partial charge in [-0.15, -0.1) is 0 Å². The molecule has 80 valence electrons. The smallest absolute Gasteiger partial charge is 0.385 e. The van der Waals surface area contributed by atoms with Crippen molar-refractivity contribution in [3.8, 4) is 0 Å². The summed E-state index contributed by atoms with van der Waals surface area (Å²) in [5.41, 5.74) is 0. The van der Waals surface area contributed by atoms with E-state index in [4.69, 9.17) is 18.0 Å². The number of rotatable bonds is 8. The number of hydrogen-bond acceptors (Lipinski definition) is 4. The molecule has 0 atom stereocenters. The lowest BCUT2D eigenvalue weighted by Crippen LogP contribution is -2.42. The first kappa shape index (κ1) is 13.1. The topological polar surface area (TPSA) is 36.9 Å². The van der Waals surface area contributed by atoms with Crippen LogP contribution in [-0.4, -0.2) is 43.9 Å². The summed E-state index contributed by atoms with van der Waals surface area (Å²) in [5, 5.41) is 0. The van der Waals surface area contributed by atoms with Crippen LogP contribution in [0.1, 0.15) is 12.8 Å². The molecule has 0 heterocycles. The van der Waals surface area contributed by atoms with Crippen LogP contribution in [0.4, 0.5) is 0 Å². The first-order chi connectivity index (χ1) is 6.24. The van der Waals surface area contributed by atoms with E-state index >= 15 is 0 Å². The minimum absolute atomic E-state index is 0.779. The Kier molecular flexibility index (Phi) is 7.49. The van der Waals surface area contributed by atoms with Crippen molar-refractivity contribution in [3.63, 3.8) is 0 Å². The third-order valence-corrected chi connectivity index (χ3v) is 4.85. The molecule has 13 heavy (non-hydrogen) atoms. The van der Waals surface area contributed by atoms with E-state index in [0.29, 0.717) is 0 Å². The predicted molar refractivity (Wildman–Crippen MR) is 52.7 cm³/mol. The third kappa shape index (κ3) is 4.73. The van der Waals surface area contributed by atoms with E-state index in [1.807, 2.05) is 0 Å².